The highest BCUT2D eigenvalue weighted by molar-refractivity contribution is 8.00. The fourth-order valence-electron chi connectivity index (χ4n) is 0.808. The van der Waals surface area contributed by atoms with E-state index in [1.54, 1.807) is 23.1 Å². The van der Waals surface area contributed by atoms with E-state index in [9.17, 15) is 4.79 Å². The molecule has 1 amide bonds. The number of nitrogens with one attached hydrogen (secondary N) is 1. The van der Waals surface area contributed by atoms with Crippen LogP contribution in [0.1, 0.15) is 0 Å². The van der Waals surface area contributed by atoms with E-state index >= 15 is 0 Å². The summed E-state index contributed by atoms with van der Waals surface area (Å²) in [5.74, 6) is 0.670. The first-order valence-corrected chi connectivity index (χ1v) is 4.73. The van der Waals surface area contributed by atoms with Crippen molar-refractivity contribution in [2.75, 3.05) is 11.1 Å². The highest BCUT2D eigenvalue weighted by atomic mass is 32.2. The predicted octanol–water partition coefficient (Wildman–Crippen LogP) is 1.79. The van der Waals surface area contributed by atoms with Crippen LogP contribution in [0.4, 0.5) is 5.00 Å². The quantitative estimate of drug-likeness (QED) is 0.644. The van der Waals surface area contributed by atoms with Crippen LogP contribution < -0.4 is 5.32 Å². The third-order valence-electron chi connectivity index (χ3n) is 1.24. The smallest absolute Gasteiger partial charge is 0.235 e. The van der Waals surface area contributed by atoms with Crippen LogP contribution in [-0.4, -0.2) is 11.7 Å². The average molecular weight is 171 g/mol. The van der Waals surface area contributed by atoms with Gasteiger partial charge >= 0.3 is 0 Å². The van der Waals surface area contributed by atoms with E-state index in [0.29, 0.717) is 5.75 Å². The van der Waals surface area contributed by atoms with Crippen molar-refractivity contribution in [3.8, 4) is 0 Å². The molecule has 0 aliphatic carbocycles. The molecule has 1 aliphatic heterocycles. The van der Waals surface area contributed by atoms with Gasteiger partial charge in [0, 0.05) is 4.90 Å². The molecule has 0 spiro atoms. The highest BCUT2D eigenvalue weighted by Crippen LogP contribution is 2.35. The lowest BCUT2D eigenvalue weighted by molar-refractivity contribution is -0.113. The fraction of sp³-hybridized carbons (Fsp3) is 0.167. The average Bonchev–Trinajstić information content (AvgIpc) is 2.33. The van der Waals surface area contributed by atoms with Gasteiger partial charge in [-0.3, -0.25) is 4.79 Å². The Morgan fingerprint density at radius 3 is 3.40 bits per heavy atom. The summed E-state index contributed by atoms with van der Waals surface area (Å²) >= 11 is 3.18. The molecular weight excluding hydrogens is 166 g/mol. The summed E-state index contributed by atoms with van der Waals surface area (Å²) in [6, 6.07) is 2.03. The molecular formula is C6H5NOS2. The summed E-state index contributed by atoms with van der Waals surface area (Å²) in [5, 5.41) is 5.79. The number of hydrogen-bond donors (Lipinski definition) is 1. The van der Waals surface area contributed by atoms with Crippen LogP contribution in [-0.2, 0) is 4.79 Å². The minimum absolute atomic E-state index is 0.111. The zero-order valence-corrected chi connectivity index (χ0v) is 6.72. The Hall–Kier alpha value is -0.480. The number of hydrogen-bond acceptors (Lipinski definition) is 3. The molecule has 1 aromatic rings. The van der Waals surface area contributed by atoms with E-state index in [1.165, 1.54) is 4.90 Å². The molecule has 10 heavy (non-hydrogen) atoms. The van der Waals surface area contributed by atoms with Crippen LogP contribution in [0.3, 0.4) is 0 Å². The molecule has 2 nitrogen and oxygen atoms in total. The van der Waals surface area contributed by atoms with Crippen molar-refractivity contribution in [2.45, 2.75) is 4.90 Å². The van der Waals surface area contributed by atoms with E-state index in [2.05, 4.69) is 5.32 Å². The minimum atomic E-state index is 0.111. The molecule has 1 aromatic heterocycles. The van der Waals surface area contributed by atoms with Gasteiger partial charge in [0.2, 0.25) is 5.91 Å². The van der Waals surface area contributed by atoms with Gasteiger partial charge in [-0.1, -0.05) is 0 Å². The van der Waals surface area contributed by atoms with Crippen LogP contribution in [0.25, 0.3) is 0 Å². The maximum absolute atomic E-state index is 10.8. The Kier molecular flexibility index (Phi) is 1.43. The standard InChI is InChI=1S/C6H5NOS2/c8-5-3-10-4-1-2-9-6(4)7-5/h1-2H,3H2,(H,7,8). The summed E-state index contributed by atoms with van der Waals surface area (Å²) in [4.78, 5) is 12.0. The lowest BCUT2D eigenvalue weighted by atomic mass is 10.5. The van der Waals surface area contributed by atoms with Gasteiger partial charge in [0.25, 0.3) is 0 Å². The van der Waals surface area contributed by atoms with Crippen molar-refractivity contribution in [1.82, 2.24) is 0 Å². The first-order chi connectivity index (χ1) is 4.86. The van der Waals surface area contributed by atoms with Crippen molar-refractivity contribution in [3.63, 3.8) is 0 Å². The number of thioether (sulfide) groups is 1. The Labute approximate surface area is 66.6 Å². The van der Waals surface area contributed by atoms with E-state index in [0.717, 1.165) is 5.00 Å². The normalized spacial score (nSPS) is 16.2. The molecule has 0 radical (unpaired) electrons. The Morgan fingerprint density at radius 2 is 2.50 bits per heavy atom. The second kappa shape index (κ2) is 2.29. The van der Waals surface area contributed by atoms with E-state index in [-0.39, 0.29) is 5.91 Å². The molecule has 0 bridgehead atoms. The zero-order valence-electron chi connectivity index (χ0n) is 5.09. The third kappa shape index (κ3) is 0.932. The molecule has 1 aliphatic rings. The van der Waals surface area contributed by atoms with E-state index in [1.807, 2.05) is 11.4 Å². The van der Waals surface area contributed by atoms with Gasteiger partial charge in [-0.25, -0.2) is 0 Å². The van der Waals surface area contributed by atoms with Crippen molar-refractivity contribution in [1.29, 1.82) is 0 Å². The monoisotopic (exact) mass is 171 g/mol. The first-order valence-electron chi connectivity index (χ1n) is 2.86. The lowest BCUT2D eigenvalue weighted by Gasteiger charge is -2.10. The number of carbonyl (C=O) groups is 1. The second-order valence-corrected chi connectivity index (χ2v) is 3.88. The summed E-state index contributed by atoms with van der Waals surface area (Å²) < 4.78 is 0. The lowest BCUT2D eigenvalue weighted by Crippen LogP contribution is -2.16. The first kappa shape index (κ1) is 6.24. The highest BCUT2D eigenvalue weighted by Gasteiger charge is 2.15. The van der Waals surface area contributed by atoms with E-state index in [4.69, 9.17) is 0 Å². The summed E-state index contributed by atoms with van der Waals surface area (Å²) in [7, 11) is 0. The van der Waals surface area contributed by atoms with Gasteiger partial charge in [0.05, 0.1) is 5.75 Å². The van der Waals surface area contributed by atoms with Crippen LogP contribution in [0.15, 0.2) is 16.3 Å². The number of amides is 1. The number of thiophene rings is 1. The Balaban J connectivity index is 2.39. The number of anilines is 1. The molecule has 2 heterocycles. The zero-order chi connectivity index (χ0) is 6.97. The van der Waals surface area contributed by atoms with E-state index < -0.39 is 0 Å². The summed E-state index contributed by atoms with van der Waals surface area (Å²) in [5.41, 5.74) is 0. The van der Waals surface area contributed by atoms with Crippen LogP contribution in [0.5, 0.6) is 0 Å². The van der Waals surface area contributed by atoms with Crippen molar-refractivity contribution < 1.29 is 4.79 Å². The minimum Gasteiger partial charge on any atom is -0.316 e. The van der Waals surface area contributed by atoms with Gasteiger partial charge in [-0.15, -0.1) is 23.1 Å². The largest absolute Gasteiger partial charge is 0.316 e. The molecule has 1 N–H and O–H groups in total. The van der Waals surface area contributed by atoms with Gasteiger partial charge < -0.3 is 5.32 Å². The molecule has 4 heteroatoms. The maximum atomic E-state index is 10.8. The Bertz CT molecular complexity index is 268. The Morgan fingerprint density at radius 1 is 1.60 bits per heavy atom. The molecule has 0 unspecified atom stereocenters. The molecule has 2 rings (SSSR count). The van der Waals surface area contributed by atoms with Crippen molar-refractivity contribution >= 4 is 34.0 Å². The number of carbonyl (C=O) groups excluding carboxylic acids is 1. The van der Waals surface area contributed by atoms with Crippen molar-refractivity contribution in [2.24, 2.45) is 0 Å². The molecule has 52 valence electrons. The van der Waals surface area contributed by atoms with Gasteiger partial charge in [0.1, 0.15) is 5.00 Å². The van der Waals surface area contributed by atoms with Gasteiger partial charge in [-0.05, 0) is 11.4 Å². The molecule has 0 saturated heterocycles. The summed E-state index contributed by atoms with van der Waals surface area (Å²) in [6.07, 6.45) is 0. The number of rotatable bonds is 0. The maximum Gasteiger partial charge on any atom is 0.235 e. The SMILES string of the molecule is O=C1CSc2ccsc2N1. The number of fused-ring (bicyclic) bond motifs is 1. The topological polar surface area (TPSA) is 29.1 Å². The van der Waals surface area contributed by atoms with Gasteiger partial charge in [-0.2, -0.15) is 0 Å². The molecule has 0 saturated carbocycles. The molecule has 0 atom stereocenters. The van der Waals surface area contributed by atoms with Crippen LogP contribution in [0.2, 0.25) is 0 Å². The molecule has 0 fully saturated rings. The second-order valence-electron chi connectivity index (χ2n) is 1.95. The summed E-state index contributed by atoms with van der Waals surface area (Å²) in [6.45, 7) is 0. The van der Waals surface area contributed by atoms with Crippen LogP contribution in [0, 0.1) is 0 Å². The fourth-order valence-corrected chi connectivity index (χ4v) is 2.62. The predicted molar refractivity (Wildman–Crippen MR) is 43.7 cm³/mol. The van der Waals surface area contributed by atoms with Crippen LogP contribution >= 0.6 is 23.1 Å². The third-order valence-corrected chi connectivity index (χ3v) is 3.26. The van der Waals surface area contributed by atoms with Gasteiger partial charge in [0.15, 0.2) is 0 Å². The van der Waals surface area contributed by atoms with Crippen molar-refractivity contribution in [3.05, 3.63) is 11.4 Å². The molecule has 0 aromatic carbocycles.